The molecule has 2 heterocycles. The van der Waals surface area contributed by atoms with Crippen molar-refractivity contribution in [2.75, 3.05) is 0 Å². The Morgan fingerprint density at radius 3 is 2.46 bits per heavy atom. The number of hydrogen-bond acceptors (Lipinski definition) is 5. The third-order valence-corrected chi connectivity index (χ3v) is 3.69. The first-order valence-corrected chi connectivity index (χ1v) is 7.42. The molecule has 1 aromatic carbocycles. The van der Waals surface area contributed by atoms with Crippen molar-refractivity contribution < 1.29 is 23.5 Å². The molecule has 2 N–H and O–H groups in total. The van der Waals surface area contributed by atoms with Gasteiger partial charge in [0.25, 0.3) is 5.91 Å². The van der Waals surface area contributed by atoms with E-state index >= 15 is 0 Å². The number of urea groups is 1. The second-order valence-corrected chi connectivity index (χ2v) is 5.58. The minimum atomic E-state index is -0.581. The zero-order valence-electron chi connectivity index (χ0n) is 13.2. The highest BCUT2D eigenvalue weighted by atomic mass is 16.5. The number of carbonyl (C=O) groups is 3. The summed E-state index contributed by atoms with van der Waals surface area (Å²) < 4.78 is 10.6. The lowest BCUT2D eigenvalue weighted by atomic mass is 10.1. The van der Waals surface area contributed by atoms with Gasteiger partial charge in [0, 0.05) is 6.42 Å². The summed E-state index contributed by atoms with van der Waals surface area (Å²) in [5.41, 5.74) is 1.23. The van der Waals surface area contributed by atoms with E-state index in [-0.39, 0.29) is 5.91 Å². The van der Waals surface area contributed by atoms with Gasteiger partial charge in [0.05, 0.1) is 0 Å². The minimum absolute atomic E-state index is 0.346. The lowest BCUT2D eigenvalue weighted by Gasteiger charge is -2.08. The Bertz CT molecular complexity index is 807. The lowest BCUT2D eigenvalue weighted by Crippen LogP contribution is -2.31. The molecule has 7 nitrogen and oxygen atoms in total. The maximum atomic E-state index is 12.1. The highest BCUT2D eigenvalue weighted by Gasteiger charge is 2.29. The van der Waals surface area contributed by atoms with Crippen LogP contribution in [-0.4, -0.2) is 23.9 Å². The summed E-state index contributed by atoms with van der Waals surface area (Å²) in [5, 5.41) is 4.72. The van der Waals surface area contributed by atoms with Gasteiger partial charge in [0.1, 0.15) is 28.9 Å². The molecule has 0 radical (unpaired) electrons. The molecular formula is C17H16N2O5. The number of esters is 1. The van der Waals surface area contributed by atoms with Crippen LogP contribution in [0.15, 0.2) is 34.7 Å². The number of aryl methyl sites for hydroxylation is 2. The largest absolute Gasteiger partial charge is 0.466 e. The van der Waals surface area contributed by atoms with Crippen LogP contribution in [-0.2, 0) is 11.2 Å². The molecule has 1 aliphatic rings. The van der Waals surface area contributed by atoms with E-state index in [1.165, 1.54) is 0 Å². The number of rotatable bonds is 4. The van der Waals surface area contributed by atoms with Gasteiger partial charge < -0.3 is 14.5 Å². The molecule has 3 amide bonds. The van der Waals surface area contributed by atoms with Crippen molar-refractivity contribution in [1.82, 2.24) is 10.6 Å². The molecule has 1 aliphatic heterocycles. The molecule has 124 valence electrons. The van der Waals surface area contributed by atoms with Gasteiger partial charge in [0.15, 0.2) is 0 Å². The molecule has 0 aliphatic carbocycles. The van der Waals surface area contributed by atoms with Gasteiger partial charge in [-0.1, -0.05) is 12.1 Å². The van der Waals surface area contributed by atoms with Gasteiger partial charge in [-0.25, -0.2) is 9.59 Å². The number of ether oxygens (including phenoxy) is 1. The van der Waals surface area contributed by atoms with Crippen LogP contribution >= 0.6 is 0 Å². The molecule has 24 heavy (non-hydrogen) atoms. The second kappa shape index (κ2) is 6.19. The number of hydrogen-bond donors (Lipinski definition) is 2. The first kappa shape index (κ1) is 15.8. The molecule has 1 aromatic heterocycles. The second-order valence-electron chi connectivity index (χ2n) is 5.58. The number of furan rings is 1. The normalized spacial score (nSPS) is 16.7. The van der Waals surface area contributed by atoms with Crippen molar-refractivity contribution in [3.63, 3.8) is 0 Å². The minimum Gasteiger partial charge on any atom is -0.466 e. The average Bonchev–Trinajstić information content (AvgIpc) is 3.02. The number of nitrogens with one attached hydrogen (secondary N) is 2. The van der Waals surface area contributed by atoms with Crippen LogP contribution in [0.5, 0.6) is 5.75 Å². The molecule has 1 fully saturated rings. The third-order valence-electron chi connectivity index (χ3n) is 3.69. The molecule has 0 unspecified atom stereocenters. The van der Waals surface area contributed by atoms with Gasteiger partial charge >= 0.3 is 12.0 Å². The first-order chi connectivity index (χ1) is 11.4. The predicted octanol–water partition coefficient (Wildman–Crippen LogP) is 1.87. The summed E-state index contributed by atoms with van der Waals surface area (Å²) >= 11 is 0. The number of carbonyl (C=O) groups excluding carboxylic acids is 3. The van der Waals surface area contributed by atoms with E-state index in [0.717, 1.165) is 5.56 Å². The molecular weight excluding hydrogens is 312 g/mol. The Morgan fingerprint density at radius 1 is 1.21 bits per heavy atom. The molecule has 0 bridgehead atoms. The number of imide groups is 1. The van der Waals surface area contributed by atoms with E-state index in [1.54, 1.807) is 44.2 Å². The standard InChI is InChI=1S/C17H16N2O5/c1-9-7-13(10(2)23-9)16(21)24-12-5-3-11(4-6-12)8-14-15(20)19-17(22)18-14/h3-7,14H,8H2,1-2H3,(H2,18,19,20,22)/t14-/m1/s1. The molecule has 1 saturated heterocycles. The fraction of sp³-hybridized carbons (Fsp3) is 0.235. The van der Waals surface area contributed by atoms with Crippen LogP contribution in [0.4, 0.5) is 4.79 Å². The molecule has 0 saturated carbocycles. The Hall–Kier alpha value is -3.09. The van der Waals surface area contributed by atoms with Crippen LogP contribution in [0.2, 0.25) is 0 Å². The van der Waals surface area contributed by atoms with E-state index in [4.69, 9.17) is 9.15 Å². The quantitative estimate of drug-likeness (QED) is 0.507. The zero-order chi connectivity index (χ0) is 17.3. The fourth-order valence-electron chi connectivity index (χ4n) is 2.53. The highest BCUT2D eigenvalue weighted by Crippen LogP contribution is 2.19. The van der Waals surface area contributed by atoms with Gasteiger partial charge in [-0.3, -0.25) is 10.1 Å². The summed E-state index contributed by atoms with van der Waals surface area (Å²) in [6.45, 7) is 3.46. The number of amides is 3. The summed E-state index contributed by atoms with van der Waals surface area (Å²) in [7, 11) is 0. The first-order valence-electron chi connectivity index (χ1n) is 7.42. The maximum absolute atomic E-state index is 12.1. The summed E-state index contributed by atoms with van der Waals surface area (Å²) in [6.07, 6.45) is 0.367. The Labute approximate surface area is 138 Å². The summed E-state index contributed by atoms with van der Waals surface area (Å²) in [6, 6.07) is 7.34. The SMILES string of the molecule is Cc1cc(C(=O)Oc2ccc(C[C@H]3NC(=O)NC3=O)cc2)c(C)o1. The Balaban J connectivity index is 1.64. The topological polar surface area (TPSA) is 97.6 Å². The fourth-order valence-corrected chi connectivity index (χ4v) is 2.53. The van der Waals surface area contributed by atoms with Crippen molar-refractivity contribution in [1.29, 1.82) is 0 Å². The Kier molecular flexibility index (Phi) is 4.07. The van der Waals surface area contributed by atoms with E-state index in [1.807, 2.05) is 0 Å². The van der Waals surface area contributed by atoms with Crippen LogP contribution in [0, 0.1) is 13.8 Å². The van der Waals surface area contributed by atoms with Crippen LogP contribution in [0.3, 0.4) is 0 Å². The predicted molar refractivity (Wildman–Crippen MR) is 83.7 cm³/mol. The van der Waals surface area contributed by atoms with Gasteiger partial charge in [-0.05, 0) is 37.6 Å². The van der Waals surface area contributed by atoms with Gasteiger partial charge in [0.2, 0.25) is 0 Å². The van der Waals surface area contributed by atoms with Crippen molar-refractivity contribution in [3.8, 4) is 5.75 Å². The van der Waals surface area contributed by atoms with Gasteiger partial charge in [-0.2, -0.15) is 0 Å². The van der Waals surface area contributed by atoms with Gasteiger partial charge in [-0.15, -0.1) is 0 Å². The summed E-state index contributed by atoms with van der Waals surface area (Å²) in [4.78, 5) is 34.7. The Morgan fingerprint density at radius 2 is 1.92 bits per heavy atom. The summed E-state index contributed by atoms with van der Waals surface area (Å²) in [5.74, 6) is 0.714. The average molecular weight is 328 g/mol. The number of benzene rings is 1. The van der Waals surface area contributed by atoms with Crippen molar-refractivity contribution in [3.05, 3.63) is 53.0 Å². The van der Waals surface area contributed by atoms with E-state index in [0.29, 0.717) is 29.3 Å². The lowest BCUT2D eigenvalue weighted by molar-refractivity contribution is -0.120. The van der Waals surface area contributed by atoms with Crippen LogP contribution in [0.1, 0.15) is 27.4 Å². The smallest absolute Gasteiger partial charge is 0.347 e. The van der Waals surface area contributed by atoms with E-state index in [2.05, 4.69) is 10.6 Å². The highest BCUT2D eigenvalue weighted by molar-refractivity contribution is 6.04. The van der Waals surface area contributed by atoms with Crippen LogP contribution in [0.25, 0.3) is 0 Å². The monoisotopic (exact) mass is 328 g/mol. The van der Waals surface area contributed by atoms with E-state index < -0.39 is 18.0 Å². The zero-order valence-corrected chi connectivity index (χ0v) is 13.2. The van der Waals surface area contributed by atoms with Crippen molar-refractivity contribution in [2.45, 2.75) is 26.3 Å². The molecule has 2 aromatic rings. The molecule has 1 atom stereocenters. The molecule has 0 spiro atoms. The molecule has 3 rings (SSSR count). The molecule has 7 heteroatoms. The van der Waals surface area contributed by atoms with E-state index in [9.17, 15) is 14.4 Å². The van der Waals surface area contributed by atoms with Crippen molar-refractivity contribution in [2.24, 2.45) is 0 Å². The maximum Gasteiger partial charge on any atom is 0.347 e. The third kappa shape index (κ3) is 3.29. The van der Waals surface area contributed by atoms with Crippen LogP contribution < -0.4 is 15.4 Å². The van der Waals surface area contributed by atoms with Crippen molar-refractivity contribution >= 4 is 17.9 Å².